The average molecular weight is 237 g/mol. The van der Waals surface area contributed by atoms with Crippen molar-refractivity contribution < 1.29 is 18.3 Å². The van der Waals surface area contributed by atoms with Crippen molar-refractivity contribution in [1.29, 1.82) is 0 Å². The molecule has 6 heteroatoms. The minimum absolute atomic E-state index is 0.0329. The highest BCUT2D eigenvalue weighted by atomic mass is 32.2. The molecule has 0 aliphatic heterocycles. The molecule has 0 saturated heterocycles. The molecule has 1 unspecified atom stereocenters. The molecule has 0 aliphatic carbocycles. The predicted molar refractivity (Wildman–Crippen MR) is 58.6 cm³/mol. The Labute approximate surface area is 90.8 Å². The summed E-state index contributed by atoms with van der Waals surface area (Å²) in [6.07, 6.45) is 1.63. The van der Waals surface area contributed by atoms with E-state index in [1.54, 1.807) is 0 Å². The average Bonchev–Trinajstić information content (AvgIpc) is 1.99. The first-order chi connectivity index (χ1) is 6.72. The van der Waals surface area contributed by atoms with Crippen LogP contribution in [0.1, 0.15) is 20.3 Å². The minimum Gasteiger partial charge on any atom is -0.480 e. The fourth-order valence-electron chi connectivity index (χ4n) is 1.16. The van der Waals surface area contributed by atoms with Crippen molar-refractivity contribution >= 4 is 15.8 Å². The Bertz CT molecular complexity index is 297. The Hall–Kier alpha value is -0.620. The van der Waals surface area contributed by atoms with Crippen LogP contribution in [0.5, 0.6) is 0 Å². The van der Waals surface area contributed by atoms with Crippen molar-refractivity contribution in [2.24, 2.45) is 5.92 Å². The van der Waals surface area contributed by atoms with Gasteiger partial charge in [0.15, 0.2) is 0 Å². The lowest BCUT2D eigenvalue weighted by Crippen LogP contribution is -2.40. The van der Waals surface area contributed by atoms with Gasteiger partial charge in [-0.15, -0.1) is 0 Å². The highest BCUT2D eigenvalue weighted by molar-refractivity contribution is 7.90. The molecule has 90 valence electrons. The van der Waals surface area contributed by atoms with Crippen molar-refractivity contribution in [1.82, 2.24) is 5.32 Å². The molecule has 1 atom stereocenters. The maximum absolute atomic E-state index is 10.8. The van der Waals surface area contributed by atoms with Crippen LogP contribution >= 0.6 is 0 Å². The number of hydrogen-bond acceptors (Lipinski definition) is 4. The summed E-state index contributed by atoms with van der Waals surface area (Å²) in [5.41, 5.74) is 0. The molecule has 0 rings (SSSR count). The minimum atomic E-state index is -3.03. The standard InChI is InChI=1S/C9H19NO4S/c1-7(2)6-8(9(11)12)10-4-5-15(3,13)14/h7-8,10H,4-6H2,1-3H3,(H,11,12). The van der Waals surface area contributed by atoms with Crippen LogP contribution in [0.4, 0.5) is 0 Å². The van der Waals surface area contributed by atoms with Crippen LogP contribution < -0.4 is 5.32 Å². The molecule has 5 nitrogen and oxygen atoms in total. The largest absolute Gasteiger partial charge is 0.480 e. The zero-order valence-corrected chi connectivity index (χ0v) is 10.2. The normalized spacial score (nSPS) is 14.1. The van der Waals surface area contributed by atoms with Gasteiger partial charge < -0.3 is 10.4 Å². The molecule has 0 saturated carbocycles. The van der Waals surface area contributed by atoms with Gasteiger partial charge in [-0.1, -0.05) is 13.8 Å². The summed E-state index contributed by atoms with van der Waals surface area (Å²) in [4.78, 5) is 10.8. The molecular weight excluding hydrogens is 218 g/mol. The fraction of sp³-hybridized carbons (Fsp3) is 0.889. The zero-order chi connectivity index (χ0) is 12.1. The molecule has 0 bridgehead atoms. The van der Waals surface area contributed by atoms with Crippen LogP contribution in [-0.2, 0) is 14.6 Å². The lowest BCUT2D eigenvalue weighted by Gasteiger charge is -2.15. The highest BCUT2D eigenvalue weighted by Gasteiger charge is 2.18. The number of carboxylic acid groups (broad SMARTS) is 1. The summed E-state index contributed by atoms with van der Waals surface area (Å²) in [6, 6.07) is -0.660. The van der Waals surface area contributed by atoms with E-state index >= 15 is 0 Å². The van der Waals surface area contributed by atoms with Gasteiger partial charge in [0.25, 0.3) is 0 Å². The van der Waals surface area contributed by atoms with E-state index in [-0.39, 0.29) is 18.2 Å². The van der Waals surface area contributed by atoms with Crippen LogP contribution in [0.25, 0.3) is 0 Å². The second-order valence-electron chi connectivity index (χ2n) is 4.10. The third-order valence-electron chi connectivity index (χ3n) is 1.87. The second kappa shape index (κ2) is 6.07. The van der Waals surface area contributed by atoms with Gasteiger partial charge in [-0.3, -0.25) is 4.79 Å². The Kier molecular flexibility index (Phi) is 5.82. The molecule has 2 N–H and O–H groups in total. The van der Waals surface area contributed by atoms with E-state index in [1.807, 2.05) is 13.8 Å². The van der Waals surface area contributed by atoms with Crippen LogP contribution in [0.2, 0.25) is 0 Å². The van der Waals surface area contributed by atoms with Gasteiger partial charge in [-0.2, -0.15) is 0 Å². The summed E-state index contributed by atoms with van der Waals surface area (Å²) in [6.45, 7) is 4.03. The number of carboxylic acids is 1. The summed E-state index contributed by atoms with van der Waals surface area (Å²) in [7, 11) is -3.03. The number of rotatable bonds is 7. The number of sulfone groups is 1. The molecule has 0 fully saturated rings. The van der Waals surface area contributed by atoms with E-state index in [0.29, 0.717) is 6.42 Å². The molecule has 0 amide bonds. The molecule has 0 aromatic rings. The first-order valence-electron chi connectivity index (χ1n) is 4.86. The van der Waals surface area contributed by atoms with Crippen LogP contribution in [0.3, 0.4) is 0 Å². The van der Waals surface area contributed by atoms with Crippen molar-refractivity contribution in [3.8, 4) is 0 Å². The molecule has 0 aromatic heterocycles. The molecule has 0 spiro atoms. The van der Waals surface area contributed by atoms with Gasteiger partial charge in [0.05, 0.1) is 5.75 Å². The van der Waals surface area contributed by atoms with E-state index in [1.165, 1.54) is 0 Å². The lowest BCUT2D eigenvalue weighted by atomic mass is 10.0. The van der Waals surface area contributed by atoms with Crippen LogP contribution in [-0.4, -0.2) is 44.1 Å². The van der Waals surface area contributed by atoms with Gasteiger partial charge in [-0.25, -0.2) is 8.42 Å². The molecule has 0 radical (unpaired) electrons. The van der Waals surface area contributed by atoms with E-state index in [4.69, 9.17) is 5.11 Å². The number of hydrogen-bond donors (Lipinski definition) is 2. The maximum atomic E-state index is 10.8. The molecular formula is C9H19NO4S. The number of nitrogens with one attached hydrogen (secondary N) is 1. The summed E-state index contributed by atoms with van der Waals surface area (Å²) in [5, 5.41) is 11.6. The lowest BCUT2D eigenvalue weighted by molar-refractivity contribution is -0.139. The Morgan fingerprint density at radius 1 is 1.40 bits per heavy atom. The van der Waals surface area contributed by atoms with Crippen molar-refractivity contribution in [3.05, 3.63) is 0 Å². The van der Waals surface area contributed by atoms with E-state index < -0.39 is 21.8 Å². The topological polar surface area (TPSA) is 83.5 Å². The number of carbonyl (C=O) groups is 1. The summed E-state index contributed by atoms with van der Waals surface area (Å²) < 4.78 is 21.6. The Morgan fingerprint density at radius 2 is 1.93 bits per heavy atom. The van der Waals surface area contributed by atoms with E-state index in [2.05, 4.69) is 5.32 Å². The third kappa shape index (κ3) is 8.38. The predicted octanol–water partition coefficient (Wildman–Crippen LogP) is 0.120. The first kappa shape index (κ1) is 14.4. The van der Waals surface area contributed by atoms with E-state index in [9.17, 15) is 13.2 Å². The monoisotopic (exact) mass is 237 g/mol. The van der Waals surface area contributed by atoms with Crippen molar-refractivity contribution in [2.75, 3.05) is 18.6 Å². The Morgan fingerprint density at radius 3 is 2.27 bits per heavy atom. The molecule has 0 heterocycles. The maximum Gasteiger partial charge on any atom is 0.320 e. The van der Waals surface area contributed by atoms with Gasteiger partial charge in [0, 0.05) is 12.8 Å². The highest BCUT2D eigenvalue weighted by Crippen LogP contribution is 2.04. The fourth-order valence-corrected chi connectivity index (χ4v) is 1.65. The SMILES string of the molecule is CC(C)CC(NCCS(C)(=O)=O)C(=O)O. The first-order valence-corrected chi connectivity index (χ1v) is 6.92. The summed E-state index contributed by atoms with van der Waals surface area (Å²) in [5.74, 6) is -0.705. The molecule has 15 heavy (non-hydrogen) atoms. The van der Waals surface area contributed by atoms with E-state index in [0.717, 1.165) is 6.26 Å². The van der Waals surface area contributed by atoms with Crippen molar-refractivity contribution in [3.63, 3.8) is 0 Å². The smallest absolute Gasteiger partial charge is 0.320 e. The van der Waals surface area contributed by atoms with Crippen LogP contribution in [0.15, 0.2) is 0 Å². The third-order valence-corrected chi connectivity index (χ3v) is 2.81. The zero-order valence-electron chi connectivity index (χ0n) is 9.36. The van der Waals surface area contributed by atoms with Crippen LogP contribution in [0, 0.1) is 5.92 Å². The van der Waals surface area contributed by atoms with Gasteiger partial charge in [0.1, 0.15) is 15.9 Å². The summed E-state index contributed by atoms with van der Waals surface area (Å²) >= 11 is 0. The number of aliphatic carboxylic acids is 1. The van der Waals surface area contributed by atoms with Crippen molar-refractivity contribution in [2.45, 2.75) is 26.3 Å². The van der Waals surface area contributed by atoms with Gasteiger partial charge in [0.2, 0.25) is 0 Å². The Balaban J connectivity index is 4.03. The quantitative estimate of drug-likeness (QED) is 0.657. The van der Waals surface area contributed by atoms with Gasteiger partial charge in [-0.05, 0) is 12.3 Å². The molecule has 0 aromatic carbocycles. The molecule has 0 aliphatic rings. The second-order valence-corrected chi connectivity index (χ2v) is 6.36. The van der Waals surface area contributed by atoms with Gasteiger partial charge >= 0.3 is 5.97 Å².